The highest BCUT2D eigenvalue weighted by molar-refractivity contribution is 7.89. The lowest BCUT2D eigenvalue weighted by molar-refractivity contribution is 0.314. The third-order valence-corrected chi connectivity index (χ3v) is 5.83. The van der Waals surface area contributed by atoms with Crippen LogP contribution in [-0.4, -0.2) is 46.5 Å². The van der Waals surface area contributed by atoms with Crippen molar-refractivity contribution in [1.29, 1.82) is 0 Å². The minimum absolute atomic E-state index is 0.100. The summed E-state index contributed by atoms with van der Waals surface area (Å²) in [5.41, 5.74) is 0. The average Bonchev–Trinajstić information content (AvgIpc) is 2.83. The van der Waals surface area contributed by atoms with Crippen LogP contribution >= 0.6 is 11.3 Å². The predicted molar refractivity (Wildman–Crippen MR) is 89.2 cm³/mol. The highest BCUT2D eigenvalue weighted by Crippen LogP contribution is 2.22. The Morgan fingerprint density at radius 3 is 2.52 bits per heavy atom. The van der Waals surface area contributed by atoms with Gasteiger partial charge in [-0.2, -0.15) is 0 Å². The lowest BCUT2D eigenvalue weighted by atomic mass is 10.1. The highest BCUT2D eigenvalue weighted by Gasteiger charge is 2.25. The van der Waals surface area contributed by atoms with Crippen molar-refractivity contribution in [2.24, 2.45) is 5.92 Å². The molecule has 0 aromatic carbocycles. The molecule has 1 aromatic heterocycles. The second-order valence-electron chi connectivity index (χ2n) is 5.72. The van der Waals surface area contributed by atoms with Gasteiger partial charge in [0.05, 0.1) is 4.90 Å². The largest absolute Gasteiger partial charge is 0.312 e. The molecule has 0 saturated carbocycles. The van der Waals surface area contributed by atoms with Gasteiger partial charge in [0.1, 0.15) is 0 Å². The lowest BCUT2D eigenvalue weighted by Crippen LogP contribution is -2.45. The Bertz CT molecular complexity index is 524. The van der Waals surface area contributed by atoms with Crippen molar-refractivity contribution in [2.45, 2.75) is 38.3 Å². The molecule has 1 unspecified atom stereocenters. The van der Waals surface area contributed by atoms with Crippen molar-refractivity contribution < 1.29 is 8.42 Å². The van der Waals surface area contributed by atoms with Crippen molar-refractivity contribution in [3.8, 4) is 0 Å². The number of hydrogen-bond acceptors (Lipinski definition) is 5. The van der Waals surface area contributed by atoms with Gasteiger partial charge in [-0.15, -0.1) is 11.3 Å². The van der Waals surface area contributed by atoms with E-state index in [0.29, 0.717) is 18.0 Å². The van der Waals surface area contributed by atoms with E-state index in [4.69, 9.17) is 0 Å². The Kier molecular flexibility index (Phi) is 7.29. The fourth-order valence-corrected chi connectivity index (χ4v) is 4.76. The van der Waals surface area contributed by atoms with E-state index in [2.05, 4.69) is 10.0 Å². The first kappa shape index (κ1) is 18.6. The molecule has 0 spiro atoms. The van der Waals surface area contributed by atoms with Gasteiger partial charge in [-0.3, -0.25) is 0 Å². The zero-order chi connectivity index (χ0) is 16.0. The number of hydrogen-bond donors (Lipinski definition) is 2. The van der Waals surface area contributed by atoms with Crippen molar-refractivity contribution in [1.82, 2.24) is 14.9 Å². The van der Waals surface area contributed by atoms with Gasteiger partial charge in [-0.25, -0.2) is 13.1 Å². The SMILES string of the molecule is CCNCc1sccc1S(=O)(=O)NC(CN(C)C)C(C)C. The molecule has 122 valence electrons. The Hall–Kier alpha value is -0.470. The third kappa shape index (κ3) is 5.67. The molecule has 5 nitrogen and oxygen atoms in total. The molecule has 2 N–H and O–H groups in total. The van der Waals surface area contributed by atoms with Crippen LogP contribution in [0.1, 0.15) is 25.6 Å². The number of sulfonamides is 1. The number of thiophene rings is 1. The zero-order valence-corrected chi connectivity index (χ0v) is 15.1. The minimum Gasteiger partial charge on any atom is -0.312 e. The molecular weight excluding hydrogens is 306 g/mol. The Morgan fingerprint density at radius 1 is 1.33 bits per heavy atom. The van der Waals surface area contributed by atoms with Crippen molar-refractivity contribution >= 4 is 21.4 Å². The summed E-state index contributed by atoms with van der Waals surface area (Å²) >= 11 is 1.47. The van der Waals surface area contributed by atoms with Gasteiger partial charge in [0.2, 0.25) is 10.0 Å². The molecule has 1 atom stereocenters. The van der Waals surface area contributed by atoms with E-state index in [1.807, 2.05) is 45.1 Å². The summed E-state index contributed by atoms with van der Waals surface area (Å²) in [6.07, 6.45) is 0. The zero-order valence-electron chi connectivity index (χ0n) is 13.5. The van der Waals surface area contributed by atoms with Gasteiger partial charge >= 0.3 is 0 Å². The van der Waals surface area contributed by atoms with E-state index in [1.165, 1.54) is 11.3 Å². The fourth-order valence-electron chi connectivity index (χ4n) is 1.98. The summed E-state index contributed by atoms with van der Waals surface area (Å²) < 4.78 is 28.1. The summed E-state index contributed by atoms with van der Waals surface area (Å²) in [6.45, 7) is 8.16. The monoisotopic (exact) mass is 333 g/mol. The molecular formula is C14H27N3O2S2. The molecule has 1 rings (SSSR count). The molecule has 21 heavy (non-hydrogen) atoms. The Morgan fingerprint density at radius 2 is 2.00 bits per heavy atom. The third-order valence-electron chi connectivity index (χ3n) is 3.20. The van der Waals surface area contributed by atoms with Crippen LogP contribution in [0.4, 0.5) is 0 Å². The molecule has 0 radical (unpaired) electrons. The van der Waals surface area contributed by atoms with E-state index < -0.39 is 10.0 Å². The van der Waals surface area contributed by atoms with Gasteiger partial charge < -0.3 is 10.2 Å². The van der Waals surface area contributed by atoms with Crippen LogP contribution in [0, 0.1) is 5.92 Å². The smallest absolute Gasteiger partial charge is 0.242 e. The molecule has 1 heterocycles. The predicted octanol–water partition coefficient (Wildman–Crippen LogP) is 1.72. The summed E-state index contributed by atoms with van der Waals surface area (Å²) in [4.78, 5) is 3.26. The second-order valence-corrected chi connectivity index (χ2v) is 8.41. The van der Waals surface area contributed by atoms with Gasteiger partial charge in [0.25, 0.3) is 0 Å². The minimum atomic E-state index is -3.47. The van der Waals surface area contributed by atoms with Gasteiger partial charge in [-0.05, 0) is 38.0 Å². The quantitative estimate of drug-likeness (QED) is 0.722. The number of rotatable bonds is 9. The molecule has 0 bridgehead atoms. The first-order valence-corrected chi connectivity index (χ1v) is 9.58. The summed E-state index contributed by atoms with van der Waals surface area (Å²) in [5.74, 6) is 0.234. The Balaban J connectivity index is 2.91. The van der Waals surface area contributed by atoms with E-state index in [1.54, 1.807) is 6.07 Å². The van der Waals surface area contributed by atoms with Crippen LogP contribution in [-0.2, 0) is 16.6 Å². The van der Waals surface area contributed by atoms with Crippen molar-refractivity contribution in [3.05, 3.63) is 16.3 Å². The van der Waals surface area contributed by atoms with Crippen LogP contribution in [0.15, 0.2) is 16.3 Å². The van der Waals surface area contributed by atoms with Crippen LogP contribution in [0.3, 0.4) is 0 Å². The number of likely N-dealkylation sites (N-methyl/N-ethyl adjacent to an activating group) is 1. The van der Waals surface area contributed by atoms with Gasteiger partial charge in [-0.1, -0.05) is 20.8 Å². The molecule has 0 saturated heterocycles. The van der Waals surface area contributed by atoms with Crippen LogP contribution < -0.4 is 10.0 Å². The summed E-state index contributed by atoms with van der Waals surface area (Å²) in [7, 11) is 0.424. The topological polar surface area (TPSA) is 61.4 Å². The first-order valence-electron chi connectivity index (χ1n) is 7.22. The molecule has 0 aliphatic rings. The van der Waals surface area contributed by atoms with Gasteiger partial charge in [0.15, 0.2) is 0 Å². The molecule has 1 aromatic rings. The average molecular weight is 334 g/mol. The fraction of sp³-hybridized carbons (Fsp3) is 0.714. The Labute approximate surface area is 132 Å². The van der Waals surface area contributed by atoms with E-state index >= 15 is 0 Å². The molecule has 0 aliphatic heterocycles. The molecule has 7 heteroatoms. The normalized spacial score (nSPS) is 14.0. The van der Waals surface area contributed by atoms with Crippen molar-refractivity contribution in [2.75, 3.05) is 27.2 Å². The molecule has 0 amide bonds. The molecule has 0 aliphatic carbocycles. The second kappa shape index (κ2) is 8.24. The highest BCUT2D eigenvalue weighted by atomic mass is 32.2. The number of nitrogens with one attached hydrogen (secondary N) is 2. The summed E-state index contributed by atoms with van der Waals surface area (Å²) in [5, 5.41) is 5.01. The summed E-state index contributed by atoms with van der Waals surface area (Å²) in [6, 6.07) is 1.59. The first-order chi connectivity index (χ1) is 9.77. The van der Waals surface area contributed by atoms with Crippen molar-refractivity contribution in [3.63, 3.8) is 0 Å². The van der Waals surface area contributed by atoms with E-state index in [-0.39, 0.29) is 12.0 Å². The van der Waals surface area contributed by atoms with Crippen LogP contribution in [0.2, 0.25) is 0 Å². The number of nitrogens with zero attached hydrogens (tertiary/aromatic N) is 1. The maximum absolute atomic E-state index is 12.6. The maximum atomic E-state index is 12.6. The molecule has 0 fully saturated rings. The van der Waals surface area contributed by atoms with Gasteiger partial charge in [0, 0.05) is 24.0 Å². The van der Waals surface area contributed by atoms with E-state index in [9.17, 15) is 8.42 Å². The van der Waals surface area contributed by atoms with Crippen LogP contribution in [0.25, 0.3) is 0 Å². The lowest BCUT2D eigenvalue weighted by Gasteiger charge is -2.25. The maximum Gasteiger partial charge on any atom is 0.242 e. The van der Waals surface area contributed by atoms with E-state index in [0.717, 1.165) is 11.4 Å². The standard InChI is InChI=1S/C14H27N3O2S2/c1-6-15-9-13-14(7-8-20-13)21(18,19)16-12(11(2)3)10-17(4)5/h7-8,11-12,15-16H,6,9-10H2,1-5H3. The van der Waals surface area contributed by atoms with Crippen LogP contribution in [0.5, 0.6) is 0 Å².